The quantitative estimate of drug-likeness (QED) is 0.302. The second-order valence-corrected chi connectivity index (χ2v) is 10.1. The molecule has 0 saturated heterocycles. The summed E-state index contributed by atoms with van der Waals surface area (Å²) in [7, 11) is 0. The average Bonchev–Trinajstić information content (AvgIpc) is 2.88. The predicted molar refractivity (Wildman–Crippen MR) is 146 cm³/mol. The van der Waals surface area contributed by atoms with Crippen LogP contribution in [0.3, 0.4) is 0 Å². The van der Waals surface area contributed by atoms with Gasteiger partial charge in [-0.25, -0.2) is 9.59 Å². The van der Waals surface area contributed by atoms with Gasteiger partial charge in [-0.1, -0.05) is 49.4 Å². The van der Waals surface area contributed by atoms with Crippen LogP contribution in [0, 0.1) is 6.92 Å². The van der Waals surface area contributed by atoms with Gasteiger partial charge in [-0.15, -0.1) is 0 Å². The number of benzene rings is 2. The molecule has 0 saturated carbocycles. The van der Waals surface area contributed by atoms with Gasteiger partial charge < -0.3 is 19.6 Å². The van der Waals surface area contributed by atoms with Gasteiger partial charge in [0, 0.05) is 33.8 Å². The zero-order valence-electron chi connectivity index (χ0n) is 21.2. The fourth-order valence-corrected chi connectivity index (χ4v) is 5.19. The van der Waals surface area contributed by atoms with Crippen molar-refractivity contribution in [1.82, 2.24) is 5.32 Å². The monoisotopic (exact) mass is 519 g/mol. The fraction of sp³-hybridized carbons (Fsp3) is 0.276. The van der Waals surface area contributed by atoms with Gasteiger partial charge in [0.05, 0.1) is 22.5 Å². The van der Waals surface area contributed by atoms with E-state index in [2.05, 4.69) is 5.32 Å². The molecule has 0 aliphatic carbocycles. The van der Waals surface area contributed by atoms with E-state index in [0.717, 1.165) is 11.3 Å². The molecule has 1 unspecified atom stereocenters. The lowest BCUT2D eigenvalue weighted by Gasteiger charge is -2.30. The number of carboxylic acid groups (broad SMARTS) is 1. The molecule has 1 aromatic heterocycles. The lowest BCUT2D eigenvalue weighted by atomic mass is 9.79. The molecule has 2 aromatic carbocycles. The Kier molecular flexibility index (Phi) is 7.88. The normalized spacial score (nSPS) is 15.6. The van der Waals surface area contributed by atoms with Gasteiger partial charge in [0.15, 0.2) is 5.43 Å². The smallest absolute Gasteiger partial charge is 0.336 e. The molecule has 3 aromatic rings. The maximum absolute atomic E-state index is 13.4. The number of hydrogen-bond donors (Lipinski definition) is 2. The van der Waals surface area contributed by atoms with E-state index in [-0.39, 0.29) is 28.8 Å². The molecule has 2 N–H and O–H groups in total. The number of thioether (sulfide) groups is 1. The first-order valence-electron chi connectivity index (χ1n) is 12.0. The largest absolute Gasteiger partial charge is 0.478 e. The summed E-state index contributed by atoms with van der Waals surface area (Å²) in [5.41, 5.74) is 2.71. The van der Waals surface area contributed by atoms with Crippen molar-refractivity contribution < 1.29 is 23.8 Å². The number of allylic oxidation sites excluding steroid dienone is 2. The zero-order chi connectivity index (χ0) is 26.7. The summed E-state index contributed by atoms with van der Waals surface area (Å²) >= 11 is 1.64. The number of hydrogen-bond acceptors (Lipinski definition) is 7. The number of fused-ring (bicyclic) bond motifs is 1. The number of ether oxygens (including phenoxy) is 1. The summed E-state index contributed by atoms with van der Waals surface area (Å²) in [4.78, 5) is 39.3. The molecular formula is C29H29NO6S. The molecule has 4 rings (SSSR count). The summed E-state index contributed by atoms with van der Waals surface area (Å²) in [6.07, 6.45) is 0. The molecule has 0 fully saturated rings. The molecule has 0 bridgehead atoms. The Morgan fingerprint density at radius 2 is 1.73 bits per heavy atom. The Morgan fingerprint density at radius 1 is 1.03 bits per heavy atom. The van der Waals surface area contributed by atoms with Crippen molar-refractivity contribution in [2.75, 3.05) is 18.1 Å². The summed E-state index contributed by atoms with van der Waals surface area (Å²) < 4.78 is 11.9. The second-order valence-electron chi connectivity index (χ2n) is 8.75. The van der Waals surface area contributed by atoms with Crippen LogP contribution < -0.4 is 10.7 Å². The number of carboxylic acids is 1. The van der Waals surface area contributed by atoms with E-state index in [4.69, 9.17) is 9.15 Å². The van der Waals surface area contributed by atoms with E-state index in [9.17, 15) is 19.5 Å². The Labute approximate surface area is 219 Å². The van der Waals surface area contributed by atoms with Crippen molar-refractivity contribution in [3.05, 3.63) is 92.4 Å². The summed E-state index contributed by atoms with van der Waals surface area (Å²) in [5, 5.41) is 13.6. The number of rotatable bonds is 8. The van der Waals surface area contributed by atoms with Crippen molar-refractivity contribution in [3.63, 3.8) is 0 Å². The van der Waals surface area contributed by atoms with E-state index in [1.807, 2.05) is 37.3 Å². The van der Waals surface area contributed by atoms with Gasteiger partial charge >= 0.3 is 11.9 Å². The highest BCUT2D eigenvalue weighted by molar-refractivity contribution is 7.99. The molecule has 0 amide bonds. The highest BCUT2D eigenvalue weighted by Gasteiger charge is 2.39. The molecule has 0 radical (unpaired) electrons. The van der Waals surface area contributed by atoms with E-state index < -0.39 is 17.9 Å². The molecule has 1 aliphatic heterocycles. The summed E-state index contributed by atoms with van der Waals surface area (Å²) in [5.74, 6) is -0.846. The Bertz CT molecular complexity index is 1490. The van der Waals surface area contributed by atoms with Crippen LogP contribution in [0.1, 0.15) is 37.8 Å². The minimum Gasteiger partial charge on any atom is -0.478 e. The molecule has 1 atom stereocenters. The Balaban J connectivity index is 1.96. The third-order valence-electron chi connectivity index (χ3n) is 6.40. The lowest BCUT2D eigenvalue weighted by molar-refractivity contribution is -0.138. The molecule has 37 heavy (non-hydrogen) atoms. The molecule has 7 nitrogen and oxygen atoms in total. The van der Waals surface area contributed by atoms with Crippen LogP contribution in [0.25, 0.3) is 22.3 Å². The first-order chi connectivity index (χ1) is 17.8. The number of nitrogens with one attached hydrogen (secondary N) is 1. The molecule has 8 heteroatoms. The van der Waals surface area contributed by atoms with Gasteiger partial charge in [-0.2, -0.15) is 11.8 Å². The minimum absolute atomic E-state index is 0.00234. The van der Waals surface area contributed by atoms with Crippen molar-refractivity contribution in [2.24, 2.45) is 0 Å². The highest BCUT2D eigenvalue weighted by atomic mass is 32.2. The number of aliphatic carboxylic acids is 1. The van der Waals surface area contributed by atoms with Crippen LogP contribution in [0.4, 0.5) is 0 Å². The fourth-order valence-electron chi connectivity index (χ4n) is 4.70. The first kappa shape index (κ1) is 26.3. The minimum atomic E-state index is -1.18. The van der Waals surface area contributed by atoms with E-state index in [0.29, 0.717) is 39.4 Å². The van der Waals surface area contributed by atoms with E-state index >= 15 is 0 Å². The second kappa shape index (κ2) is 11.1. The van der Waals surface area contributed by atoms with Crippen LogP contribution in [0.2, 0.25) is 0 Å². The van der Waals surface area contributed by atoms with Crippen LogP contribution >= 0.6 is 11.8 Å². The molecular weight excluding hydrogens is 490 g/mol. The average molecular weight is 520 g/mol. The predicted octanol–water partition coefficient (Wildman–Crippen LogP) is 5.38. The zero-order valence-corrected chi connectivity index (χ0v) is 22.0. The maximum Gasteiger partial charge on any atom is 0.336 e. The summed E-state index contributed by atoms with van der Waals surface area (Å²) in [6, 6.07) is 14.3. The van der Waals surface area contributed by atoms with Gasteiger partial charge in [0.1, 0.15) is 18.0 Å². The molecule has 192 valence electrons. The number of para-hydroxylation sites is 1. The standard InChI is InChI=1S/C29H29NO6S/c1-5-37-15-14-35-29(34)23-18(4)30-17(3)22(28(32)33)24(23)20-12-9-13-21-25(31)16(2)26(36-27(20)21)19-10-7-6-8-11-19/h6-13,24,30H,5,14-15H2,1-4H3,(H,32,33). The van der Waals surface area contributed by atoms with Crippen molar-refractivity contribution in [3.8, 4) is 11.3 Å². The van der Waals surface area contributed by atoms with Crippen molar-refractivity contribution in [2.45, 2.75) is 33.6 Å². The van der Waals surface area contributed by atoms with Gasteiger partial charge in [-0.05, 0) is 32.6 Å². The third kappa shape index (κ3) is 5.06. The SMILES string of the molecule is CCSCCOC(=O)C1=C(C)NC(C)=C(C(=O)O)C1c1cccc2c(=O)c(C)c(-c3ccccc3)oc12. The first-order valence-corrected chi connectivity index (χ1v) is 13.2. The number of carbonyl (C=O) groups is 2. The number of dihydropyridines is 1. The van der Waals surface area contributed by atoms with Crippen LogP contribution in [0.15, 0.2) is 80.3 Å². The number of carbonyl (C=O) groups excluding carboxylic acids is 1. The van der Waals surface area contributed by atoms with Gasteiger partial charge in [0.25, 0.3) is 0 Å². The Hall–Kier alpha value is -3.78. The van der Waals surface area contributed by atoms with Crippen molar-refractivity contribution >= 4 is 34.7 Å². The highest BCUT2D eigenvalue weighted by Crippen LogP contribution is 2.42. The molecule has 0 spiro atoms. The van der Waals surface area contributed by atoms with Crippen molar-refractivity contribution in [1.29, 1.82) is 0 Å². The topological polar surface area (TPSA) is 106 Å². The van der Waals surface area contributed by atoms with E-state index in [1.54, 1.807) is 50.7 Å². The lowest BCUT2D eigenvalue weighted by Crippen LogP contribution is -2.32. The van der Waals surface area contributed by atoms with Crippen LogP contribution in [0.5, 0.6) is 0 Å². The van der Waals surface area contributed by atoms with Gasteiger partial charge in [0.2, 0.25) is 0 Å². The van der Waals surface area contributed by atoms with E-state index in [1.165, 1.54) is 0 Å². The Morgan fingerprint density at radius 3 is 2.41 bits per heavy atom. The third-order valence-corrected chi connectivity index (χ3v) is 7.26. The number of esters is 1. The summed E-state index contributed by atoms with van der Waals surface area (Å²) in [6.45, 7) is 7.30. The van der Waals surface area contributed by atoms with Crippen LogP contribution in [-0.4, -0.2) is 35.2 Å². The molecule has 2 heterocycles. The molecule has 1 aliphatic rings. The van der Waals surface area contributed by atoms with Crippen LogP contribution in [-0.2, 0) is 14.3 Å². The maximum atomic E-state index is 13.4. The van der Waals surface area contributed by atoms with Gasteiger partial charge in [-0.3, -0.25) is 4.79 Å².